The molecule has 1 aromatic heterocycles. The molecule has 0 radical (unpaired) electrons. The first kappa shape index (κ1) is 12.9. The Morgan fingerprint density at radius 2 is 1.90 bits per heavy atom. The van der Waals surface area contributed by atoms with Crippen LogP contribution in [0.4, 0.5) is 0 Å². The fourth-order valence-electron chi connectivity index (χ4n) is 2.17. The maximum atomic E-state index is 5.93. The van der Waals surface area contributed by atoms with E-state index in [-0.39, 0.29) is 0 Å². The molecule has 0 aliphatic carbocycles. The maximum Gasteiger partial charge on any atom is 0.0997 e. The number of halogens is 1. The summed E-state index contributed by atoms with van der Waals surface area (Å²) in [5.41, 5.74) is 9.94. The normalized spacial score (nSPS) is 10.7. The van der Waals surface area contributed by atoms with E-state index in [0.29, 0.717) is 6.54 Å². The first-order valence-electron chi connectivity index (χ1n) is 6.35. The van der Waals surface area contributed by atoms with Crippen molar-refractivity contribution in [1.82, 2.24) is 9.55 Å². The smallest absolute Gasteiger partial charge is 0.0997 e. The SMILES string of the molecule is NCc1cccc(-n2cncc2-c2ccc(Cl)cc2)c1. The summed E-state index contributed by atoms with van der Waals surface area (Å²) < 4.78 is 2.04. The molecule has 0 unspecified atom stereocenters. The Hall–Kier alpha value is -2.10. The van der Waals surface area contributed by atoms with E-state index in [2.05, 4.69) is 11.1 Å². The molecule has 0 saturated heterocycles. The van der Waals surface area contributed by atoms with Gasteiger partial charge in [0.15, 0.2) is 0 Å². The number of imidazole rings is 1. The van der Waals surface area contributed by atoms with E-state index in [0.717, 1.165) is 27.5 Å². The second-order valence-electron chi connectivity index (χ2n) is 4.53. The van der Waals surface area contributed by atoms with Gasteiger partial charge in [0.1, 0.15) is 0 Å². The Labute approximate surface area is 122 Å². The van der Waals surface area contributed by atoms with Crippen LogP contribution in [0.2, 0.25) is 5.02 Å². The number of hydrogen-bond acceptors (Lipinski definition) is 2. The van der Waals surface area contributed by atoms with Crippen molar-refractivity contribution in [2.24, 2.45) is 5.73 Å². The molecule has 4 heteroatoms. The van der Waals surface area contributed by atoms with Gasteiger partial charge in [0.2, 0.25) is 0 Å². The lowest BCUT2D eigenvalue weighted by Crippen LogP contribution is -1.99. The van der Waals surface area contributed by atoms with Crippen LogP contribution in [0.15, 0.2) is 61.1 Å². The monoisotopic (exact) mass is 283 g/mol. The molecule has 3 nitrogen and oxygen atoms in total. The number of hydrogen-bond donors (Lipinski definition) is 1. The van der Waals surface area contributed by atoms with Gasteiger partial charge in [0.25, 0.3) is 0 Å². The van der Waals surface area contributed by atoms with Crippen LogP contribution in [-0.2, 0) is 6.54 Å². The summed E-state index contributed by atoms with van der Waals surface area (Å²) in [4.78, 5) is 4.25. The second kappa shape index (κ2) is 5.49. The zero-order valence-electron chi connectivity index (χ0n) is 10.8. The fourth-order valence-corrected chi connectivity index (χ4v) is 2.29. The molecule has 3 rings (SSSR count). The highest BCUT2D eigenvalue weighted by molar-refractivity contribution is 6.30. The first-order valence-corrected chi connectivity index (χ1v) is 6.73. The van der Waals surface area contributed by atoms with Crippen LogP contribution < -0.4 is 5.73 Å². The zero-order chi connectivity index (χ0) is 13.9. The number of nitrogens with zero attached hydrogens (tertiary/aromatic N) is 2. The summed E-state index contributed by atoms with van der Waals surface area (Å²) in [5, 5.41) is 0.727. The molecule has 0 bridgehead atoms. The van der Waals surface area contributed by atoms with Crippen LogP contribution in [0.3, 0.4) is 0 Å². The molecule has 0 saturated carbocycles. The highest BCUT2D eigenvalue weighted by Gasteiger charge is 2.07. The van der Waals surface area contributed by atoms with Crippen LogP contribution in [-0.4, -0.2) is 9.55 Å². The van der Waals surface area contributed by atoms with Crippen molar-refractivity contribution >= 4 is 11.6 Å². The number of benzene rings is 2. The molecule has 0 aliphatic rings. The van der Waals surface area contributed by atoms with Crippen molar-refractivity contribution in [3.05, 3.63) is 71.6 Å². The maximum absolute atomic E-state index is 5.93. The molecule has 3 aromatic rings. The lowest BCUT2D eigenvalue weighted by molar-refractivity contribution is 1.03. The van der Waals surface area contributed by atoms with Gasteiger partial charge < -0.3 is 5.73 Å². The Kier molecular flexibility index (Phi) is 3.54. The molecule has 0 spiro atoms. The van der Waals surface area contributed by atoms with Gasteiger partial charge in [-0.2, -0.15) is 0 Å². The van der Waals surface area contributed by atoms with Crippen LogP contribution in [0.1, 0.15) is 5.56 Å². The molecular weight excluding hydrogens is 270 g/mol. The Morgan fingerprint density at radius 1 is 1.10 bits per heavy atom. The average molecular weight is 284 g/mol. The third-order valence-corrected chi connectivity index (χ3v) is 3.45. The summed E-state index contributed by atoms with van der Waals surface area (Å²) in [7, 11) is 0. The van der Waals surface area contributed by atoms with Crippen LogP contribution in [0.25, 0.3) is 16.9 Å². The van der Waals surface area contributed by atoms with E-state index in [1.54, 1.807) is 6.33 Å². The van der Waals surface area contributed by atoms with E-state index >= 15 is 0 Å². The van der Waals surface area contributed by atoms with Gasteiger partial charge in [-0.15, -0.1) is 0 Å². The lowest BCUT2D eigenvalue weighted by Gasteiger charge is -2.09. The molecule has 2 N–H and O–H groups in total. The molecular formula is C16H14ClN3. The number of rotatable bonds is 3. The summed E-state index contributed by atoms with van der Waals surface area (Å²) >= 11 is 5.93. The van der Waals surface area contributed by atoms with E-state index in [1.165, 1.54) is 0 Å². The average Bonchev–Trinajstić information content (AvgIpc) is 2.97. The van der Waals surface area contributed by atoms with Crippen molar-refractivity contribution in [3.8, 4) is 16.9 Å². The number of aromatic nitrogens is 2. The molecule has 100 valence electrons. The molecule has 2 aromatic carbocycles. The lowest BCUT2D eigenvalue weighted by atomic mass is 10.1. The van der Waals surface area contributed by atoms with Gasteiger partial charge in [-0.1, -0.05) is 35.9 Å². The standard InChI is InChI=1S/C16H14ClN3/c17-14-6-4-13(5-7-14)16-10-19-11-20(16)15-3-1-2-12(8-15)9-18/h1-8,10-11H,9,18H2. The van der Waals surface area contributed by atoms with Gasteiger partial charge in [-0.05, 0) is 29.8 Å². The van der Waals surface area contributed by atoms with E-state index < -0.39 is 0 Å². The molecule has 0 fully saturated rings. The highest BCUT2D eigenvalue weighted by Crippen LogP contribution is 2.24. The third-order valence-electron chi connectivity index (χ3n) is 3.20. The van der Waals surface area contributed by atoms with Crippen molar-refractivity contribution in [2.75, 3.05) is 0 Å². The van der Waals surface area contributed by atoms with Gasteiger partial charge >= 0.3 is 0 Å². The minimum absolute atomic E-state index is 0.527. The van der Waals surface area contributed by atoms with Crippen LogP contribution >= 0.6 is 11.6 Å². The topological polar surface area (TPSA) is 43.8 Å². The summed E-state index contributed by atoms with van der Waals surface area (Å²) in [6.45, 7) is 0.527. The minimum Gasteiger partial charge on any atom is -0.326 e. The summed E-state index contributed by atoms with van der Waals surface area (Å²) in [5.74, 6) is 0. The van der Waals surface area contributed by atoms with Gasteiger partial charge in [0, 0.05) is 22.8 Å². The van der Waals surface area contributed by atoms with Gasteiger partial charge in [0.05, 0.1) is 18.2 Å². The predicted octanol–water partition coefficient (Wildman–Crippen LogP) is 3.65. The predicted molar refractivity (Wildman–Crippen MR) is 81.9 cm³/mol. The molecule has 0 aliphatic heterocycles. The Bertz CT molecular complexity index is 717. The van der Waals surface area contributed by atoms with Crippen molar-refractivity contribution in [2.45, 2.75) is 6.54 Å². The Morgan fingerprint density at radius 3 is 2.65 bits per heavy atom. The third kappa shape index (κ3) is 2.46. The fraction of sp³-hybridized carbons (Fsp3) is 0.0625. The molecule has 0 amide bonds. The van der Waals surface area contributed by atoms with Crippen LogP contribution in [0.5, 0.6) is 0 Å². The summed E-state index contributed by atoms with van der Waals surface area (Å²) in [6.07, 6.45) is 3.65. The van der Waals surface area contributed by atoms with E-state index in [9.17, 15) is 0 Å². The zero-order valence-corrected chi connectivity index (χ0v) is 11.6. The van der Waals surface area contributed by atoms with Crippen LogP contribution in [0, 0.1) is 0 Å². The minimum atomic E-state index is 0.527. The quantitative estimate of drug-likeness (QED) is 0.797. The molecule has 1 heterocycles. The van der Waals surface area contributed by atoms with Gasteiger partial charge in [-0.25, -0.2) is 4.98 Å². The number of nitrogens with two attached hydrogens (primary N) is 1. The van der Waals surface area contributed by atoms with Crippen molar-refractivity contribution < 1.29 is 0 Å². The largest absolute Gasteiger partial charge is 0.326 e. The van der Waals surface area contributed by atoms with E-state index in [4.69, 9.17) is 17.3 Å². The first-order chi connectivity index (χ1) is 9.78. The summed E-state index contributed by atoms with van der Waals surface area (Å²) in [6, 6.07) is 15.9. The second-order valence-corrected chi connectivity index (χ2v) is 4.97. The molecule has 0 atom stereocenters. The van der Waals surface area contributed by atoms with Gasteiger partial charge in [-0.3, -0.25) is 4.57 Å². The van der Waals surface area contributed by atoms with E-state index in [1.807, 2.05) is 53.2 Å². The molecule has 20 heavy (non-hydrogen) atoms. The highest BCUT2D eigenvalue weighted by atomic mass is 35.5. The van der Waals surface area contributed by atoms with Crippen molar-refractivity contribution in [3.63, 3.8) is 0 Å². The Balaban J connectivity index is 2.07. The van der Waals surface area contributed by atoms with Crippen molar-refractivity contribution in [1.29, 1.82) is 0 Å².